The van der Waals surface area contributed by atoms with Crippen molar-refractivity contribution in [2.24, 2.45) is 0 Å². The molecule has 1 aliphatic rings. The zero-order valence-electron chi connectivity index (χ0n) is 12.0. The van der Waals surface area contributed by atoms with E-state index in [-0.39, 0.29) is 28.2 Å². The van der Waals surface area contributed by atoms with E-state index in [4.69, 9.17) is 9.84 Å². The van der Waals surface area contributed by atoms with Crippen LogP contribution in [0.25, 0.3) is 0 Å². The van der Waals surface area contributed by atoms with E-state index < -0.39 is 16.0 Å². The van der Waals surface area contributed by atoms with Crippen LogP contribution in [0.15, 0.2) is 23.1 Å². The molecule has 1 fully saturated rings. The first-order valence-electron chi connectivity index (χ1n) is 6.82. The van der Waals surface area contributed by atoms with Gasteiger partial charge < -0.3 is 9.84 Å². The molecule has 0 atom stereocenters. The Morgan fingerprint density at radius 3 is 2.67 bits per heavy atom. The molecule has 0 spiro atoms. The van der Waals surface area contributed by atoms with E-state index in [1.165, 1.54) is 25.1 Å². The lowest BCUT2D eigenvalue weighted by atomic mass is 9.90. The molecule has 0 amide bonds. The van der Waals surface area contributed by atoms with E-state index in [1.54, 1.807) is 0 Å². The molecule has 1 aliphatic carbocycles. The van der Waals surface area contributed by atoms with Gasteiger partial charge in [0.25, 0.3) is 0 Å². The molecule has 2 rings (SSSR count). The van der Waals surface area contributed by atoms with E-state index in [0.29, 0.717) is 19.4 Å². The lowest BCUT2D eigenvalue weighted by Gasteiger charge is -2.35. The quantitative estimate of drug-likeness (QED) is 0.831. The normalized spacial score (nSPS) is 21.8. The van der Waals surface area contributed by atoms with E-state index >= 15 is 0 Å². The summed E-state index contributed by atoms with van der Waals surface area (Å²) in [7, 11) is -3.71. The monoisotopic (exact) mass is 313 g/mol. The maximum atomic E-state index is 12.4. The molecule has 21 heavy (non-hydrogen) atoms. The highest BCUT2D eigenvalue weighted by Crippen LogP contribution is 2.26. The molecule has 0 aromatic heterocycles. The number of rotatable bonds is 6. The summed E-state index contributed by atoms with van der Waals surface area (Å²) in [5, 5.41) is 9.06. The van der Waals surface area contributed by atoms with Crippen molar-refractivity contribution in [2.45, 2.75) is 43.7 Å². The van der Waals surface area contributed by atoms with Crippen LogP contribution in [0.4, 0.5) is 0 Å². The predicted molar refractivity (Wildman–Crippen MR) is 76.9 cm³/mol. The van der Waals surface area contributed by atoms with Crippen molar-refractivity contribution in [1.82, 2.24) is 4.72 Å². The van der Waals surface area contributed by atoms with Gasteiger partial charge in [-0.2, -0.15) is 0 Å². The molecular formula is C14H19NO5S. The van der Waals surface area contributed by atoms with Crippen LogP contribution >= 0.6 is 0 Å². The summed E-state index contributed by atoms with van der Waals surface area (Å²) in [6.07, 6.45) is 1.39. The molecule has 116 valence electrons. The number of ether oxygens (including phenoxy) is 1. The summed E-state index contributed by atoms with van der Waals surface area (Å²) in [4.78, 5) is 11.1. The van der Waals surface area contributed by atoms with Gasteiger partial charge in [-0.1, -0.05) is 6.07 Å². The number of benzene rings is 1. The summed E-state index contributed by atoms with van der Waals surface area (Å²) >= 11 is 0. The van der Waals surface area contributed by atoms with Gasteiger partial charge >= 0.3 is 5.97 Å². The Labute approximate surface area is 124 Å². The highest BCUT2D eigenvalue weighted by Gasteiger charge is 2.33. The topological polar surface area (TPSA) is 92.7 Å². The third-order valence-corrected chi connectivity index (χ3v) is 5.29. The molecule has 0 bridgehead atoms. The Morgan fingerprint density at radius 2 is 2.10 bits per heavy atom. The van der Waals surface area contributed by atoms with Crippen molar-refractivity contribution >= 4 is 16.0 Å². The number of nitrogens with one attached hydrogen (secondary N) is 1. The average Bonchev–Trinajstić information content (AvgIpc) is 2.35. The van der Waals surface area contributed by atoms with Crippen LogP contribution in [0, 0.1) is 6.92 Å². The summed E-state index contributed by atoms with van der Waals surface area (Å²) in [6.45, 7) is 4.02. The second kappa shape index (κ2) is 6.13. The number of carbonyl (C=O) groups is 1. The van der Waals surface area contributed by atoms with Crippen molar-refractivity contribution in [3.05, 3.63) is 29.3 Å². The SMILES string of the molecule is CCOC1CC(NS(=O)(=O)c2cccc(C(=O)O)c2C)C1. The smallest absolute Gasteiger partial charge is 0.335 e. The van der Waals surface area contributed by atoms with Crippen molar-refractivity contribution in [2.75, 3.05) is 6.61 Å². The average molecular weight is 313 g/mol. The largest absolute Gasteiger partial charge is 0.478 e. The van der Waals surface area contributed by atoms with Gasteiger partial charge in [0, 0.05) is 12.6 Å². The Kier molecular flexibility index (Phi) is 4.65. The Balaban J connectivity index is 2.14. The van der Waals surface area contributed by atoms with Gasteiger partial charge in [-0.25, -0.2) is 17.9 Å². The Bertz CT molecular complexity index is 635. The van der Waals surface area contributed by atoms with Crippen molar-refractivity contribution in [3.8, 4) is 0 Å². The number of sulfonamides is 1. The van der Waals surface area contributed by atoms with Crippen molar-refractivity contribution in [1.29, 1.82) is 0 Å². The van der Waals surface area contributed by atoms with Crippen molar-refractivity contribution < 1.29 is 23.1 Å². The lowest BCUT2D eigenvalue weighted by Crippen LogP contribution is -2.47. The number of carboxylic acid groups (broad SMARTS) is 1. The molecular weight excluding hydrogens is 294 g/mol. The second-order valence-electron chi connectivity index (χ2n) is 5.10. The minimum Gasteiger partial charge on any atom is -0.478 e. The molecule has 0 saturated heterocycles. The Hall–Kier alpha value is -1.44. The van der Waals surface area contributed by atoms with Gasteiger partial charge in [0.15, 0.2) is 0 Å². The molecule has 1 aromatic rings. The van der Waals surface area contributed by atoms with Gasteiger partial charge in [-0.15, -0.1) is 0 Å². The molecule has 1 saturated carbocycles. The molecule has 0 heterocycles. The summed E-state index contributed by atoms with van der Waals surface area (Å²) in [6, 6.07) is 4.10. The number of aromatic carboxylic acids is 1. The van der Waals surface area contributed by atoms with Crippen LogP contribution in [-0.4, -0.2) is 38.2 Å². The third kappa shape index (κ3) is 3.42. The standard InChI is InChI=1S/C14H19NO5S/c1-3-20-11-7-10(8-11)15-21(18,19)13-6-4-5-12(9(13)2)14(16)17/h4-6,10-11,15H,3,7-8H2,1-2H3,(H,16,17). The van der Waals surface area contributed by atoms with Crippen LogP contribution in [-0.2, 0) is 14.8 Å². The number of hydrogen-bond donors (Lipinski definition) is 2. The number of hydrogen-bond acceptors (Lipinski definition) is 4. The summed E-state index contributed by atoms with van der Waals surface area (Å²) in [5.74, 6) is -1.13. The molecule has 0 aliphatic heterocycles. The fourth-order valence-corrected chi connectivity index (χ4v) is 3.98. The summed E-state index contributed by atoms with van der Waals surface area (Å²) in [5.41, 5.74) is 0.247. The zero-order chi connectivity index (χ0) is 15.6. The van der Waals surface area contributed by atoms with Crippen LogP contribution < -0.4 is 4.72 Å². The van der Waals surface area contributed by atoms with Gasteiger partial charge in [0.2, 0.25) is 10.0 Å². The maximum absolute atomic E-state index is 12.4. The first-order chi connectivity index (χ1) is 9.85. The highest BCUT2D eigenvalue weighted by atomic mass is 32.2. The third-order valence-electron chi connectivity index (χ3n) is 3.62. The van der Waals surface area contributed by atoms with Gasteiger partial charge in [-0.05, 0) is 44.4 Å². The van der Waals surface area contributed by atoms with E-state index in [2.05, 4.69) is 4.72 Å². The van der Waals surface area contributed by atoms with Crippen molar-refractivity contribution in [3.63, 3.8) is 0 Å². The highest BCUT2D eigenvalue weighted by molar-refractivity contribution is 7.89. The van der Waals surface area contributed by atoms with E-state index in [1.807, 2.05) is 6.92 Å². The first-order valence-corrected chi connectivity index (χ1v) is 8.30. The molecule has 2 N–H and O–H groups in total. The molecule has 6 nitrogen and oxygen atoms in total. The van der Waals surface area contributed by atoms with Gasteiger partial charge in [0.05, 0.1) is 16.6 Å². The lowest BCUT2D eigenvalue weighted by molar-refractivity contribution is -0.00476. The maximum Gasteiger partial charge on any atom is 0.335 e. The van der Waals surface area contributed by atoms with Crippen LogP contribution in [0.1, 0.15) is 35.7 Å². The van der Waals surface area contributed by atoms with Crippen LogP contribution in [0.3, 0.4) is 0 Å². The summed E-state index contributed by atoms with van der Waals surface area (Å²) < 4.78 is 32.7. The van der Waals surface area contributed by atoms with E-state index in [9.17, 15) is 13.2 Å². The molecule has 0 radical (unpaired) electrons. The van der Waals surface area contributed by atoms with Gasteiger partial charge in [0.1, 0.15) is 0 Å². The zero-order valence-corrected chi connectivity index (χ0v) is 12.8. The van der Waals surface area contributed by atoms with Gasteiger partial charge in [-0.3, -0.25) is 0 Å². The first kappa shape index (κ1) is 15.9. The van der Waals surface area contributed by atoms with E-state index in [0.717, 1.165) is 0 Å². The number of carboxylic acids is 1. The predicted octanol–water partition coefficient (Wildman–Crippen LogP) is 1.54. The second-order valence-corrected chi connectivity index (χ2v) is 6.78. The fourth-order valence-electron chi connectivity index (χ4n) is 2.45. The molecule has 7 heteroatoms. The minimum absolute atomic E-state index is 0.00122. The van der Waals surface area contributed by atoms with Crippen LogP contribution in [0.5, 0.6) is 0 Å². The molecule has 1 aromatic carbocycles. The molecule has 0 unspecified atom stereocenters. The minimum atomic E-state index is -3.71. The Morgan fingerprint density at radius 1 is 1.43 bits per heavy atom. The van der Waals surface area contributed by atoms with Crippen LogP contribution in [0.2, 0.25) is 0 Å². The fraction of sp³-hybridized carbons (Fsp3) is 0.500.